The van der Waals surface area contributed by atoms with Gasteiger partial charge >= 0.3 is 0 Å². The summed E-state index contributed by atoms with van der Waals surface area (Å²) < 4.78 is 6.29. The van der Waals surface area contributed by atoms with Crippen molar-refractivity contribution in [2.45, 2.75) is 25.3 Å². The lowest BCUT2D eigenvalue weighted by molar-refractivity contribution is 0.380. The van der Waals surface area contributed by atoms with E-state index in [0.29, 0.717) is 5.92 Å². The molecule has 0 saturated heterocycles. The summed E-state index contributed by atoms with van der Waals surface area (Å²) in [7, 11) is 1.68. The van der Waals surface area contributed by atoms with Crippen LogP contribution in [0.25, 0.3) is 0 Å². The highest BCUT2D eigenvalue weighted by Crippen LogP contribution is 2.36. The van der Waals surface area contributed by atoms with Crippen LogP contribution in [0.5, 0.6) is 5.75 Å². The number of benzene rings is 2. The van der Waals surface area contributed by atoms with Crippen LogP contribution in [0.15, 0.2) is 46.9 Å². The van der Waals surface area contributed by atoms with E-state index in [9.17, 15) is 0 Å². The molecular formula is C18H20BrNO. The van der Waals surface area contributed by atoms with Crippen LogP contribution < -0.4 is 10.5 Å². The first-order chi connectivity index (χ1) is 10.2. The molecule has 0 spiro atoms. The lowest BCUT2D eigenvalue weighted by Crippen LogP contribution is -2.27. The largest absolute Gasteiger partial charge is 0.497 e. The zero-order chi connectivity index (χ0) is 14.8. The molecule has 0 fully saturated rings. The van der Waals surface area contributed by atoms with Crippen LogP contribution in [0, 0.1) is 5.92 Å². The van der Waals surface area contributed by atoms with Gasteiger partial charge in [-0.05, 0) is 54.0 Å². The van der Waals surface area contributed by atoms with Gasteiger partial charge in [0.1, 0.15) is 5.75 Å². The number of hydrogen-bond donors (Lipinski definition) is 1. The van der Waals surface area contributed by atoms with Gasteiger partial charge in [0.05, 0.1) is 7.11 Å². The lowest BCUT2D eigenvalue weighted by atomic mass is 9.78. The van der Waals surface area contributed by atoms with Crippen LogP contribution in [0.2, 0.25) is 0 Å². The van der Waals surface area contributed by atoms with Gasteiger partial charge in [-0.3, -0.25) is 0 Å². The highest BCUT2D eigenvalue weighted by Gasteiger charge is 2.26. The number of ether oxygens (including phenoxy) is 1. The average Bonchev–Trinajstić information content (AvgIpc) is 2.53. The molecule has 21 heavy (non-hydrogen) atoms. The molecular weight excluding hydrogens is 326 g/mol. The summed E-state index contributed by atoms with van der Waals surface area (Å²) in [6.45, 7) is 0. The Hall–Kier alpha value is -1.32. The number of methoxy groups -OCH3 is 1. The van der Waals surface area contributed by atoms with Crippen molar-refractivity contribution in [3.63, 3.8) is 0 Å². The van der Waals surface area contributed by atoms with Crippen molar-refractivity contribution in [3.05, 3.63) is 63.6 Å². The van der Waals surface area contributed by atoms with Crippen molar-refractivity contribution in [2.24, 2.45) is 11.7 Å². The quantitative estimate of drug-likeness (QED) is 0.901. The van der Waals surface area contributed by atoms with Gasteiger partial charge in [-0.2, -0.15) is 0 Å². The molecule has 0 bridgehead atoms. The number of aryl methyl sites for hydroxylation is 1. The van der Waals surface area contributed by atoms with Crippen molar-refractivity contribution in [1.29, 1.82) is 0 Å². The Morgan fingerprint density at radius 3 is 2.67 bits per heavy atom. The summed E-state index contributed by atoms with van der Waals surface area (Å²) in [4.78, 5) is 0. The van der Waals surface area contributed by atoms with Gasteiger partial charge in [0.15, 0.2) is 0 Å². The van der Waals surface area contributed by atoms with Crippen LogP contribution in [0.4, 0.5) is 0 Å². The third-order valence-corrected chi connectivity index (χ3v) is 5.15. The Labute approximate surface area is 134 Å². The molecule has 3 rings (SSSR count). The second-order valence-electron chi connectivity index (χ2n) is 5.68. The minimum atomic E-state index is 0.0543. The molecule has 1 aliphatic rings. The molecule has 0 aromatic heterocycles. The Balaban J connectivity index is 1.82. The van der Waals surface area contributed by atoms with E-state index in [1.165, 1.54) is 16.7 Å². The molecule has 2 N–H and O–H groups in total. The van der Waals surface area contributed by atoms with Crippen molar-refractivity contribution >= 4 is 15.9 Å². The molecule has 0 saturated carbocycles. The lowest BCUT2D eigenvalue weighted by Gasteiger charge is -2.30. The van der Waals surface area contributed by atoms with Crippen LogP contribution >= 0.6 is 15.9 Å². The van der Waals surface area contributed by atoms with Crippen molar-refractivity contribution in [2.75, 3.05) is 7.11 Å². The van der Waals surface area contributed by atoms with Gasteiger partial charge in [0.2, 0.25) is 0 Å². The fraction of sp³-hybridized carbons (Fsp3) is 0.333. The smallest absolute Gasteiger partial charge is 0.120 e. The second-order valence-corrected chi connectivity index (χ2v) is 6.54. The molecule has 3 heteroatoms. The number of rotatable bonds is 3. The standard InChI is InChI=1S/C18H20BrNO/c1-21-15-8-9-16(17(19)11-15)18(20)14-7-6-12-4-2-3-5-13(12)10-14/h2-5,8-9,11,14,18H,6-7,10,20H2,1H3. The molecule has 2 unspecified atom stereocenters. The number of nitrogens with two attached hydrogens (primary N) is 1. The average molecular weight is 346 g/mol. The number of fused-ring (bicyclic) bond motifs is 1. The summed E-state index contributed by atoms with van der Waals surface area (Å²) in [6.07, 6.45) is 3.34. The van der Waals surface area contributed by atoms with Crippen molar-refractivity contribution in [1.82, 2.24) is 0 Å². The molecule has 110 valence electrons. The number of hydrogen-bond acceptors (Lipinski definition) is 2. The summed E-state index contributed by atoms with van der Waals surface area (Å²) in [5.41, 5.74) is 10.6. The first-order valence-corrected chi connectivity index (χ1v) is 8.14. The first kappa shape index (κ1) is 14.6. The Morgan fingerprint density at radius 2 is 1.95 bits per heavy atom. The minimum absolute atomic E-state index is 0.0543. The Morgan fingerprint density at radius 1 is 1.19 bits per heavy atom. The molecule has 0 amide bonds. The van der Waals surface area contributed by atoms with Crippen LogP contribution in [-0.2, 0) is 12.8 Å². The highest BCUT2D eigenvalue weighted by atomic mass is 79.9. The van der Waals surface area contributed by atoms with Crippen molar-refractivity contribution in [3.8, 4) is 5.75 Å². The maximum atomic E-state index is 6.55. The fourth-order valence-corrected chi connectivity index (χ4v) is 3.81. The number of halogens is 1. The summed E-state index contributed by atoms with van der Waals surface area (Å²) in [5.74, 6) is 1.34. The molecule has 1 aliphatic carbocycles. The molecule has 0 heterocycles. The van der Waals surface area contributed by atoms with Gasteiger partial charge in [-0.1, -0.05) is 46.3 Å². The van der Waals surface area contributed by atoms with E-state index in [2.05, 4.69) is 46.3 Å². The van der Waals surface area contributed by atoms with Gasteiger partial charge < -0.3 is 10.5 Å². The van der Waals surface area contributed by atoms with E-state index in [1.807, 2.05) is 12.1 Å². The van der Waals surface area contributed by atoms with E-state index in [0.717, 1.165) is 29.5 Å². The topological polar surface area (TPSA) is 35.2 Å². The second kappa shape index (κ2) is 6.20. The molecule has 0 aliphatic heterocycles. The molecule has 2 aromatic rings. The zero-order valence-electron chi connectivity index (χ0n) is 12.2. The monoisotopic (exact) mass is 345 g/mol. The molecule has 2 atom stereocenters. The summed E-state index contributed by atoms with van der Waals surface area (Å²) >= 11 is 3.63. The minimum Gasteiger partial charge on any atom is -0.497 e. The maximum absolute atomic E-state index is 6.55. The first-order valence-electron chi connectivity index (χ1n) is 7.35. The summed E-state index contributed by atoms with van der Waals surface area (Å²) in [6, 6.07) is 14.8. The third-order valence-electron chi connectivity index (χ3n) is 4.46. The molecule has 2 nitrogen and oxygen atoms in total. The van der Waals surface area contributed by atoms with E-state index in [-0.39, 0.29) is 6.04 Å². The molecule has 0 radical (unpaired) electrons. The zero-order valence-corrected chi connectivity index (χ0v) is 13.8. The predicted octanol–water partition coefficient (Wildman–Crippen LogP) is 4.26. The maximum Gasteiger partial charge on any atom is 0.120 e. The van der Waals surface area contributed by atoms with Crippen LogP contribution in [0.1, 0.15) is 29.2 Å². The van der Waals surface area contributed by atoms with E-state index < -0.39 is 0 Å². The van der Waals surface area contributed by atoms with Gasteiger partial charge in [-0.25, -0.2) is 0 Å². The van der Waals surface area contributed by atoms with Crippen LogP contribution in [-0.4, -0.2) is 7.11 Å². The van der Waals surface area contributed by atoms with Crippen LogP contribution in [0.3, 0.4) is 0 Å². The fourth-order valence-electron chi connectivity index (χ4n) is 3.19. The predicted molar refractivity (Wildman–Crippen MR) is 89.6 cm³/mol. The van der Waals surface area contributed by atoms with Gasteiger partial charge in [0.25, 0.3) is 0 Å². The van der Waals surface area contributed by atoms with Crippen molar-refractivity contribution < 1.29 is 4.74 Å². The normalized spacial score (nSPS) is 18.9. The Kier molecular flexibility index (Phi) is 4.32. The van der Waals surface area contributed by atoms with Gasteiger partial charge in [-0.15, -0.1) is 0 Å². The SMILES string of the molecule is COc1ccc(C(N)C2CCc3ccccc3C2)c(Br)c1. The molecule has 2 aromatic carbocycles. The van der Waals surface area contributed by atoms with E-state index in [1.54, 1.807) is 7.11 Å². The Bertz CT molecular complexity index is 641. The highest BCUT2D eigenvalue weighted by molar-refractivity contribution is 9.10. The van der Waals surface area contributed by atoms with Gasteiger partial charge in [0, 0.05) is 10.5 Å². The van der Waals surface area contributed by atoms with E-state index in [4.69, 9.17) is 10.5 Å². The third kappa shape index (κ3) is 2.99. The van der Waals surface area contributed by atoms with E-state index >= 15 is 0 Å². The summed E-state index contributed by atoms with van der Waals surface area (Å²) in [5, 5.41) is 0.